The fourth-order valence-corrected chi connectivity index (χ4v) is 2.68. The number of amides is 1. The summed E-state index contributed by atoms with van der Waals surface area (Å²) in [6, 6.07) is 7.60. The SMILES string of the molecule is CC(C)Oc1cccc([C@H](O)CN[C@H](C)C[C@@H](C)NC(=O)OC(C)(C)C)c1. The molecule has 1 amide bonds. The van der Waals surface area contributed by atoms with Crippen LogP contribution in [-0.4, -0.2) is 41.5 Å². The molecule has 1 rings (SSSR count). The molecule has 3 atom stereocenters. The maximum atomic E-state index is 11.8. The van der Waals surface area contributed by atoms with Gasteiger partial charge in [-0.3, -0.25) is 0 Å². The quantitative estimate of drug-likeness (QED) is 0.607. The maximum absolute atomic E-state index is 11.8. The zero-order chi connectivity index (χ0) is 20.6. The van der Waals surface area contributed by atoms with Gasteiger partial charge in [0.1, 0.15) is 11.4 Å². The number of alkyl carbamates (subject to hydrolysis) is 1. The molecule has 0 unspecified atom stereocenters. The second kappa shape index (κ2) is 10.5. The molecule has 0 spiro atoms. The Labute approximate surface area is 163 Å². The highest BCUT2D eigenvalue weighted by Gasteiger charge is 2.19. The summed E-state index contributed by atoms with van der Waals surface area (Å²) in [6.07, 6.45) is -0.223. The number of nitrogens with one attached hydrogen (secondary N) is 2. The number of rotatable bonds is 9. The highest BCUT2D eigenvalue weighted by Crippen LogP contribution is 2.20. The highest BCUT2D eigenvalue weighted by atomic mass is 16.6. The normalized spacial score (nSPS) is 15.1. The van der Waals surface area contributed by atoms with Crippen LogP contribution < -0.4 is 15.4 Å². The van der Waals surface area contributed by atoms with Gasteiger partial charge in [-0.15, -0.1) is 0 Å². The van der Waals surface area contributed by atoms with Crippen molar-refractivity contribution in [2.45, 2.75) is 84.8 Å². The summed E-state index contributed by atoms with van der Waals surface area (Å²) in [5.41, 5.74) is 0.304. The Hall–Kier alpha value is -1.79. The van der Waals surface area contributed by atoms with E-state index >= 15 is 0 Å². The molecule has 3 N–H and O–H groups in total. The third-order valence-electron chi connectivity index (χ3n) is 3.74. The van der Waals surface area contributed by atoms with E-state index in [1.54, 1.807) is 0 Å². The summed E-state index contributed by atoms with van der Waals surface area (Å²) in [4.78, 5) is 11.8. The average Bonchev–Trinajstić information content (AvgIpc) is 2.50. The van der Waals surface area contributed by atoms with Crippen LogP contribution in [0.25, 0.3) is 0 Å². The summed E-state index contributed by atoms with van der Waals surface area (Å²) < 4.78 is 10.9. The molecular weight excluding hydrogens is 344 g/mol. The molecule has 0 heterocycles. The number of carbonyl (C=O) groups excluding carboxylic acids is 1. The second-order valence-corrected chi connectivity index (χ2v) is 8.35. The predicted molar refractivity (Wildman–Crippen MR) is 108 cm³/mol. The Morgan fingerprint density at radius 2 is 1.81 bits per heavy atom. The zero-order valence-corrected chi connectivity index (χ0v) is 17.7. The number of aliphatic hydroxyl groups excluding tert-OH is 1. The first-order chi connectivity index (χ1) is 12.5. The van der Waals surface area contributed by atoms with Crippen molar-refractivity contribution in [2.24, 2.45) is 0 Å². The molecular formula is C21H36N2O4. The van der Waals surface area contributed by atoms with Gasteiger partial charge in [0, 0.05) is 18.6 Å². The van der Waals surface area contributed by atoms with Crippen LogP contribution in [0, 0.1) is 0 Å². The standard InChI is InChI=1S/C21H36N2O4/c1-14(2)26-18-10-8-9-17(12-18)19(24)13-22-15(3)11-16(4)23-20(25)27-21(5,6)7/h8-10,12,14-16,19,22,24H,11,13H2,1-7H3,(H,23,25)/t15-,16-,19-/m1/s1. The van der Waals surface area contributed by atoms with E-state index in [4.69, 9.17) is 9.47 Å². The number of aliphatic hydroxyl groups is 1. The van der Waals surface area contributed by atoms with Crippen LogP contribution in [0.5, 0.6) is 5.75 Å². The topological polar surface area (TPSA) is 79.8 Å². The first kappa shape index (κ1) is 23.2. The molecule has 6 heteroatoms. The lowest BCUT2D eigenvalue weighted by atomic mass is 10.1. The van der Waals surface area contributed by atoms with Crippen molar-refractivity contribution in [3.05, 3.63) is 29.8 Å². The number of benzene rings is 1. The monoisotopic (exact) mass is 380 g/mol. The third kappa shape index (κ3) is 10.2. The van der Waals surface area contributed by atoms with Crippen molar-refractivity contribution >= 4 is 6.09 Å². The number of hydrogen-bond donors (Lipinski definition) is 3. The van der Waals surface area contributed by atoms with Gasteiger partial charge in [0.15, 0.2) is 0 Å². The lowest BCUT2D eigenvalue weighted by Gasteiger charge is -2.24. The molecule has 0 saturated heterocycles. The molecule has 0 fully saturated rings. The number of ether oxygens (including phenoxy) is 2. The van der Waals surface area contributed by atoms with E-state index in [1.165, 1.54) is 0 Å². The summed E-state index contributed by atoms with van der Waals surface area (Å²) in [5, 5.41) is 16.6. The van der Waals surface area contributed by atoms with Crippen LogP contribution in [0.4, 0.5) is 4.79 Å². The summed E-state index contributed by atoms with van der Waals surface area (Å²) >= 11 is 0. The van der Waals surface area contributed by atoms with Gasteiger partial charge in [-0.2, -0.15) is 0 Å². The Balaban J connectivity index is 2.42. The zero-order valence-electron chi connectivity index (χ0n) is 17.7. The van der Waals surface area contributed by atoms with Crippen LogP contribution in [0.3, 0.4) is 0 Å². The first-order valence-electron chi connectivity index (χ1n) is 9.64. The first-order valence-corrected chi connectivity index (χ1v) is 9.64. The molecule has 0 radical (unpaired) electrons. The van der Waals surface area contributed by atoms with Gasteiger partial charge in [-0.05, 0) is 72.6 Å². The average molecular weight is 381 g/mol. The molecule has 27 heavy (non-hydrogen) atoms. The van der Waals surface area contributed by atoms with Crippen molar-refractivity contribution < 1.29 is 19.4 Å². The van der Waals surface area contributed by atoms with E-state index in [9.17, 15) is 9.90 Å². The van der Waals surface area contributed by atoms with Crippen LogP contribution in [-0.2, 0) is 4.74 Å². The van der Waals surface area contributed by atoms with Crippen molar-refractivity contribution in [1.29, 1.82) is 0 Å². The van der Waals surface area contributed by atoms with Crippen molar-refractivity contribution in [2.75, 3.05) is 6.54 Å². The number of carbonyl (C=O) groups is 1. The van der Waals surface area contributed by atoms with E-state index < -0.39 is 17.8 Å². The van der Waals surface area contributed by atoms with Gasteiger partial charge in [0.25, 0.3) is 0 Å². The summed E-state index contributed by atoms with van der Waals surface area (Å²) in [7, 11) is 0. The summed E-state index contributed by atoms with van der Waals surface area (Å²) in [5.74, 6) is 0.754. The fraction of sp³-hybridized carbons (Fsp3) is 0.667. The third-order valence-corrected chi connectivity index (χ3v) is 3.74. The van der Waals surface area contributed by atoms with Gasteiger partial charge in [0.05, 0.1) is 12.2 Å². The van der Waals surface area contributed by atoms with E-state index in [0.717, 1.165) is 17.7 Å². The van der Waals surface area contributed by atoms with E-state index in [2.05, 4.69) is 10.6 Å². The minimum atomic E-state index is -0.628. The molecule has 0 saturated carbocycles. The van der Waals surface area contributed by atoms with Crippen molar-refractivity contribution in [3.8, 4) is 5.75 Å². The number of hydrogen-bond acceptors (Lipinski definition) is 5. The van der Waals surface area contributed by atoms with Crippen LogP contribution >= 0.6 is 0 Å². The van der Waals surface area contributed by atoms with Crippen molar-refractivity contribution in [3.63, 3.8) is 0 Å². The molecule has 0 aliphatic rings. The van der Waals surface area contributed by atoms with E-state index in [-0.39, 0.29) is 18.2 Å². The molecule has 1 aromatic carbocycles. The Bertz CT molecular complexity index is 584. The van der Waals surface area contributed by atoms with E-state index in [1.807, 2.05) is 72.7 Å². The van der Waals surface area contributed by atoms with E-state index in [0.29, 0.717) is 6.54 Å². The van der Waals surface area contributed by atoms with Gasteiger partial charge in [-0.1, -0.05) is 12.1 Å². The van der Waals surface area contributed by atoms with Gasteiger partial charge < -0.3 is 25.2 Å². The largest absolute Gasteiger partial charge is 0.491 e. The molecule has 1 aromatic rings. The predicted octanol–water partition coefficient (Wildman–Crippen LogP) is 3.79. The molecule has 154 valence electrons. The Kier molecular flexibility index (Phi) is 9.06. The minimum Gasteiger partial charge on any atom is -0.491 e. The minimum absolute atomic E-state index is 0.0396. The van der Waals surface area contributed by atoms with Crippen LogP contribution in [0.15, 0.2) is 24.3 Å². The lowest BCUT2D eigenvalue weighted by molar-refractivity contribution is 0.0503. The summed E-state index contributed by atoms with van der Waals surface area (Å²) in [6.45, 7) is 13.8. The van der Waals surface area contributed by atoms with Gasteiger partial charge in [-0.25, -0.2) is 4.79 Å². The molecule has 0 aromatic heterocycles. The van der Waals surface area contributed by atoms with Gasteiger partial charge in [0.2, 0.25) is 0 Å². The lowest BCUT2D eigenvalue weighted by Crippen LogP contribution is -2.41. The Morgan fingerprint density at radius 1 is 1.15 bits per heavy atom. The highest BCUT2D eigenvalue weighted by molar-refractivity contribution is 5.68. The molecule has 0 bridgehead atoms. The molecule has 6 nitrogen and oxygen atoms in total. The smallest absolute Gasteiger partial charge is 0.407 e. The molecule has 0 aliphatic carbocycles. The van der Waals surface area contributed by atoms with Gasteiger partial charge >= 0.3 is 6.09 Å². The van der Waals surface area contributed by atoms with Crippen LogP contribution in [0.1, 0.15) is 66.6 Å². The maximum Gasteiger partial charge on any atom is 0.407 e. The van der Waals surface area contributed by atoms with Crippen molar-refractivity contribution in [1.82, 2.24) is 10.6 Å². The Morgan fingerprint density at radius 3 is 2.41 bits per heavy atom. The molecule has 0 aliphatic heterocycles. The van der Waals surface area contributed by atoms with Crippen LogP contribution in [0.2, 0.25) is 0 Å². The fourth-order valence-electron chi connectivity index (χ4n) is 2.68. The second-order valence-electron chi connectivity index (χ2n) is 8.35.